The van der Waals surface area contributed by atoms with Gasteiger partial charge in [0.2, 0.25) is 5.91 Å². The molecule has 0 aromatic carbocycles. The van der Waals surface area contributed by atoms with Crippen molar-refractivity contribution in [1.82, 2.24) is 5.32 Å². The number of hydrogen-bond donors (Lipinski definition) is 6. The van der Waals surface area contributed by atoms with Crippen molar-refractivity contribution in [3.8, 4) is 0 Å². The molecule has 58 heavy (non-hydrogen) atoms. The zero-order valence-corrected chi connectivity index (χ0v) is 37.6. The molecule has 6 N–H and O–H groups in total. The first-order valence-electron chi connectivity index (χ1n) is 24.6. The van der Waals surface area contributed by atoms with Crippen LogP contribution in [-0.2, 0) is 14.3 Å². The summed E-state index contributed by atoms with van der Waals surface area (Å²) in [5, 5.41) is 54.2. The van der Waals surface area contributed by atoms with E-state index in [2.05, 4.69) is 31.3 Å². The maximum Gasteiger partial charge on any atom is 0.220 e. The molecule has 9 heteroatoms. The van der Waals surface area contributed by atoms with Gasteiger partial charge in [0.1, 0.15) is 24.4 Å². The second-order valence-electron chi connectivity index (χ2n) is 17.3. The highest BCUT2D eigenvalue weighted by atomic mass is 16.7. The Hall–Kier alpha value is -1.33. The van der Waals surface area contributed by atoms with E-state index in [9.17, 15) is 30.3 Å². The Morgan fingerprint density at radius 2 is 0.966 bits per heavy atom. The minimum absolute atomic E-state index is 0.176. The van der Waals surface area contributed by atoms with E-state index in [0.717, 1.165) is 38.5 Å². The summed E-state index contributed by atoms with van der Waals surface area (Å²) in [7, 11) is 0. The van der Waals surface area contributed by atoms with E-state index < -0.39 is 49.5 Å². The minimum Gasteiger partial charge on any atom is -0.394 e. The number of rotatable bonds is 41. The quantitative estimate of drug-likeness (QED) is 0.0264. The molecule has 0 saturated carbocycles. The second kappa shape index (κ2) is 39.8. The molecule has 1 aliphatic heterocycles. The maximum absolute atomic E-state index is 13.0. The zero-order chi connectivity index (χ0) is 42.3. The van der Waals surface area contributed by atoms with E-state index in [1.807, 2.05) is 6.08 Å². The first-order chi connectivity index (χ1) is 28.3. The summed E-state index contributed by atoms with van der Waals surface area (Å²) in [5.41, 5.74) is 0. The molecule has 1 saturated heterocycles. The first kappa shape index (κ1) is 54.7. The molecular formula is C49H93NO8. The number of allylic oxidation sites excluding steroid dienone is 3. The van der Waals surface area contributed by atoms with Crippen molar-refractivity contribution >= 4 is 5.91 Å². The molecule has 0 aromatic rings. The van der Waals surface area contributed by atoms with Crippen LogP contribution in [0.5, 0.6) is 0 Å². The number of unbranched alkanes of at least 4 members (excludes halogenated alkanes) is 29. The molecule has 1 heterocycles. The Balaban J connectivity index is 2.25. The van der Waals surface area contributed by atoms with Gasteiger partial charge < -0.3 is 40.3 Å². The first-order valence-corrected chi connectivity index (χ1v) is 24.6. The van der Waals surface area contributed by atoms with Gasteiger partial charge in [0.15, 0.2) is 6.29 Å². The number of carbonyl (C=O) groups excluding carboxylic acids is 1. The van der Waals surface area contributed by atoms with Crippen molar-refractivity contribution < 1.29 is 39.8 Å². The summed E-state index contributed by atoms with van der Waals surface area (Å²) >= 11 is 0. The van der Waals surface area contributed by atoms with Gasteiger partial charge in [-0.2, -0.15) is 0 Å². The van der Waals surface area contributed by atoms with E-state index in [0.29, 0.717) is 6.42 Å². The van der Waals surface area contributed by atoms with E-state index in [-0.39, 0.29) is 12.5 Å². The number of aliphatic hydroxyl groups excluding tert-OH is 5. The lowest BCUT2D eigenvalue weighted by Gasteiger charge is -2.40. The number of amides is 1. The van der Waals surface area contributed by atoms with Gasteiger partial charge in [-0.3, -0.25) is 4.79 Å². The Kier molecular flexibility index (Phi) is 37.5. The average molecular weight is 824 g/mol. The molecule has 0 radical (unpaired) electrons. The zero-order valence-electron chi connectivity index (χ0n) is 37.6. The molecule has 1 rings (SSSR count). The summed E-state index contributed by atoms with van der Waals surface area (Å²) < 4.78 is 11.2. The van der Waals surface area contributed by atoms with Crippen LogP contribution >= 0.6 is 0 Å². The Bertz CT molecular complexity index is 961. The lowest BCUT2D eigenvalue weighted by molar-refractivity contribution is -0.302. The Morgan fingerprint density at radius 3 is 1.40 bits per heavy atom. The topological polar surface area (TPSA) is 149 Å². The van der Waals surface area contributed by atoms with E-state index >= 15 is 0 Å². The SMILES string of the molecule is CCCCCCCC/C=C/CCCCCCCCCCCCCCCC(=O)N[C@@H](CO[C@H]1O[C@@H](CO)[C@H](O)C(O)C1O)[C@H](O)/C=C/CCCCCCCCCCCC. The van der Waals surface area contributed by atoms with Gasteiger partial charge >= 0.3 is 0 Å². The van der Waals surface area contributed by atoms with Crippen LogP contribution in [0.3, 0.4) is 0 Å². The summed E-state index contributed by atoms with van der Waals surface area (Å²) in [4.78, 5) is 13.0. The van der Waals surface area contributed by atoms with Crippen molar-refractivity contribution in [3.63, 3.8) is 0 Å². The van der Waals surface area contributed by atoms with Gasteiger partial charge in [0.25, 0.3) is 0 Å². The van der Waals surface area contributed by atoms with Crippen LogP contribution in [0.15, 0.2) is 24.3 Å². The average Bonchev–Trinajstić information content (AvgIpc) is 3.22. The number of aliphatic hydroxyl groups is 5. The highest BCUT2D eigenvalue weighted by Crippen LogP contribution is 2.23. The molecule has 0 aliphatic carbocycles. The fraction of sp³-hybridized carbons (Fsp3) is 0.898. The predicted molar refractivity (Wildman–Crippen MR) is 240 cm³/mol. The van der Waals surface area contributed by atoms with Crippen molar-refractivity contribution in [1.29, 1.82) is 0 Å². The monoisotopic (exact) mass is 824 g/mol. The van der Waals surface area contributed by atoms with E-state index in [1.165, 1.54) is 167 Å². The van der Waals surface area contributed by atoms with E-state index in [1.54, 1.807) is 6.08 Å². The van der Waals surface area contributed by atoms with Crippen molar-refractivity contribution in [2.45, 2.75) is 269 Å². The molecule has 9 nitrogen and oxygen atoms in total. The van der Waals surface area contributed by atoms with E-state index in [4.69, 9.17) is 9.47 Å². The molecule has 0 aromatic heterocycles. The summed E-state index contributed by atoms with van der Waals surface area (Å²) in [6.07, 6.45) is 40.8. The fourth-order valence-electron chi connectivity index (χ4n) is 7.80. The maximum atomic E-state index is 13.0. The highest BCUT2D eigenvalue weighted by molar-refractivity contribution is 5.76. The van der Waals surface area contributed by atoms with Crippen molar-refractivity contribution in [3.05, 3.63) is 24.3 Å². The third-order valence-electron chi connectivity index (χ3n) is 11.8. The van der Waals surface area contributed by atoms with Gasteiger partial charge in [-0.15, -0.1) is 0 Å². The Morgan fingerprint density at radius 1 is 0.569 bits per heavy atom. The number of carbonyl (C=O) groups is 1. The van der Waals surface area contributed by atoms with Crippen LogP contribution in [0.4, 0.5) is 0 Å². The number of hydrogen-bond acceptors (Lipinski definition) is 8. The second-order valence-corrected chi connectivity index (χ2v) is 17.3. The van der Waals surface area contributed by atoms with Gasteiger partial charge in [-0.05, 0) is 44.9 Å². The Labute approximate surface area is 356 Å². The van der Waals surface area contributed by atoms with Crippen LogP contribution in [0.25, 0.3) is 0 Å². The lowest BCUT2D eigenvalue weighted by Crippen LogP contribution is -2.60. The third kappa shape index (κ3) is 29.8. The molecule has 1 amide bonds. The normalized spacial score (nSPS) is 21.0. The van der Waals surface area contributed by atoms with Gasteiger partial charge in [-0.1, -0.05) is 199 Å². The predicted octanol–water partition coefficient (Wildman–Crippen LogP) is 10.7. The summed E-state index contributed by atoms with van der Waals surface area (Å²) in [5.74, 6) is -0.176. The van der Waals surface area contributed by atoms with Crippen LogP contribution in [0, 0.1) is 0 Å². The highest BCUT2D eigenvalue weighted by Gasteiger charge is 2.44. The molecule has 0 bridgehead atoms. The molecule has 1 fully saturated rings. The number of ether oxygens (including phenoxy) is 2. The van der Waals surface area contributed by atoms with Gasteiger partial charge in [0.05, 0.1) is 25.4 Å². The van der Waals surface area contributed by atoms with Crippen molar-refractivity contribution in [2.24, 2.45) is 0 Å². The standard InChI is InChI=1S/C49H93NO8/c1-3-5-7-9-11-13-15-17-18-19-20-21-22-23-24-25-26-27-29-31-33-35-37-39-45(53)50-42(41-57-49-48(56)47(55)46(54)44(40-51)58-49)43(52)38-36-34-32-30-28-16-14-12-10-8-6-4-2/h17-18,36,38,42-44,46-49,51-52,54-56H,3-16,19-35,37,39-41H2,1-2H3,(H,50,53)/b18-17+,38-36+/t42-,43+,44-,46-,47?,48?,49-/m0/s1. The van der Waals surface area contributed by atoms with Gasteiger partial charge in [0, 0.05) is 6.42 Å². The number of nitrogens with one attached hydrogen (secondary N) is 1. The molecule has 2 unspecified atom stereocenters. The molecule has 0 spiro atoms. The molecule has 1 aliphatic rings. The van der Waals surface area contributed by atoms with Gasteiger partial charge in [-0.25, -0.2) is 0 Å². The third-order valence-corrected chi connectivity index (χ3v) is 11.8. The van der Waals surface area contributed by atoms with Crippen LogP contribution in [0.1, 0.15) is 226 Å². The van der Waals surface area contributed by atoms with Crippen LogP contribution in [-0.4, -0.2) is 87.5 Å². The fourth-order valence-corrected chi connectivity index (χ4v) is 7.80. The van der Waals surface area contributed by atoms with Crippen molar-refractivity contribution in [2.75, 3.05) is 13.2 Å². The summed E-state index contributed by atoms with van der Waals surface area (Å²) in [6.45, 7) is 3.77. The largest absolute Gasteiger partial charge is 0.394 e. The van der Waals surface area contributed by atoms with Crippen LogP contribution in [0.2, 0.25) is 0 Å². The molecular weight excluding hydrogens is 731 g/mol. The smallest absolute Gasteiger partial charge is 0.220 e. The minimum atomic E-state index is -1.56. The molecule has 342 valence electrons. The lowest BCUT2D eigenvalue weighted by atomic mass is 9.99. The summed E-state index contributed by atoms with van der Waals surface area (Å²) in [6, 6.07) is -0.800. The van der Waals surface area contributed by atoms with Crippen LogP contribution < -0.4 is 5.32 Å². The molecule has 7 atom stereocenters.